The van der Waals surface area contributed by atoms with E-state index in [2.05, 4.69) is 0 Å². The smallest absolute Gasteiger partial charge is 0.308 e. The van der Waals surface area contributed by atoms with Crippen LogP contribution in [0.4, 0.5) is 0 Å². The van der Waals surface area contributed by atoms with Crippen LogP contribution in [0.5, 0.6) is 5.75 Å². The Hall–Kier alpha value is -2.04. The minimum absolute atomic E-state index is 0.0300. The summed E-state index contributed by atoms with van der Waals surface area (Å²) in [6.45, 7) is 6.24. The Bertz CT molecular complexity index is 543. The number of amides is 1. The number of hydrogen-bond acceptors (Lipinski definition) is 3. The molecule has 5 nitrogen and oxygen atoms in total. The van der Waals surface area contributed by atoms with Gasteiger partial charge < -0.3 is 14.7 Å². The van der Waals surface area contributed by atoms with Crippen molar-refractivity contribution >= 4 is 11.9 Å². The molecule has 1 aromatic rings. The molecule has 21 heavy (non-hydrogen) atoms. The van der Waals surface area contributed by atoms with Gasteiger partial charge in [-0.3, -0.25) is 9.59 Å². The lowest BCUT2D eigenvalue weighted by Gasteiger charge is -2.21. The molecule has 1 aliphatic rings. The number of benzene rings is 1. The van der Waals surface area contributed by atoms with E-state index in [4.69, 9.17) is 9.84 Å². The Balaban J connectivity index is 1.99. The number of ether oxygens (including phenoxy) is 1. The molecule has 1 heterocycles. The van der Waals surface area contributed by atoms with Gasteiger partial charge in [-0.05, 0) is 37.5 Å². The summed E-state index contributed by atoms with van der Waals surface area (Å²) in [5.41, 5.74) is 1.06. The Morgan fingerprint density at radius 2 is 2.10 bits per heavy atom. The fourth-order valence-corrected chi connectivity index (χ4v) is 2.67. The maximum atomic E-state index is 12.4. The van der Waals surface area contributed by atoms with Crippen LogP contribution in [0.1, 0.15) is 19.4 Å². The number of carbonyl (C=O) groups excluding carboxylic acids is 1. The number of carbonyl (C=O) groups is 2. The van der Waals surface area contributed by atoms with Gasteiger partial charge in [-0.15, -0.1) is 0 Å². The molecule has 1 fully saturated rings. The first kappa shape index (κ1) is 15.4. The van der Waals surface area contributed by atoms with E-state index >= 15 is 0 Å². The lowest BCUT2D eigenvalue weighted by Crippen LogP contribution is -2.39. The predicted octanol–water partition coefficient (Wildman–Crippen LogP) is 1.94. The summed E-state index contributed by atoms with van der Waals surface area (Å²) < 4.78 is 5.66. The van der Waals surface area contributed by atoms with Crippen molar-refractivity contribution in [1.29, 1.82) is 0 Å². The standard InChI is InChI=1S/C16H21NO4/c1-10-5-4-6-13(7-10)21-12(3)15(18)17-8-11(2)14(9-17)16(19)20/h4-7,11-12,14H,8-9H2,1-3H3,(H,19,20). The van der Waals surface area contributed by atoms with Crippen molar-refractivity contribution in [3.8, 4) is 5.75 Å². The molecule has 0 spiro atoms. The number of aliphatic carboxylic acids is 1. The maximum absolute atomic E-state index is 12.4. The summed E-state index contributed by atoms with van der Waals surface area (Å²) in [5, 5.41) is 9.12. The number of rotatable bonds is 4. The largest absolute Gasteiger partial charge is 0.481 e. The van der Waals surface area contributed by atoms with Crippen LogP contribution in [-0.4, -0.2) is 41.1 Å². The van der Waals surface area contributed by atoms with Crippen molar-refractivity contribution in [3.63, 3.8) is 0 Å². The highest BCUT2D eigenvalue weighted by Gasteiger charge is 2.38. The quantitative estimate of drug-likeness (QED) is 0.920. The highest BCUT2D eigenvalue weighted by molar-refractivity contribution is 5.82. The van der Waals surface area contributed by atoms with E-state index < -0.39 is 18.0 Å². The molecule has 1 aromatic carbocycles. The zero-order valence-corrected chi connectivity index (χ0v) is 12.6. The highest BCUT2D eigenvalue weighted by Crippen LogP contribution is 2.24. The third-order valence-corrected chi connectivity index (χ3v) is 3.89. The topological polar surface area (TPSA) is 66.8 Å². The Kier molecular flexibility index (Phi) is 4.50. The summed E-state index contributed by atoms with van der Waals surface area (Å²) in [6.07, 6.45) is -0.619. The monoisotopic (exact) mass is 291 g/mol. The van der Waals surface area contributed by atoms with Crippen molar-refractivity contribution in [2.45, 2.75) is 26.9 Å². The van der Waals surface area contributed by atoms with Crippen LogP contribution in [0, 0.1) is 18.8 Å². The summed E-state index contributed by atoms with van der Waals surface area (Å²) in [6, 6.07) is 7.51. The van der Waals surface area contributed by atoms with Gasteiger partial charge in [-0.25, -0.2) is 0 Å². The van der Waals surface area contributed by atoms with Crippen LogP contribution in [0.15, 0.2) is 24.3 Å². The van der Waals surface area contributed by atoms with Gasteiger partial charge >= 0.3 is 5.97 Å². The van der Waals surface area contributed by atoms with Gasteiger partial charge in [0, 0.05) is 13.1 Å². The number of hydrogen-bond donors (Lipinski definition) is 1. The summed E-state index contributed by atoms with van der Waals surface area (Å²) in [5.74, 6) is -0.868. The van der Waals surface area contributed by atoms with Gasteiger partial charge in [-0.2, -0.15) is 0 Å². The number of carboxylic acid groups (broad SMARTS) is 1. The summed E-state index contributed by atoms with van der Waals surface area (Å²) in [4.78, 5) is 25.1. The molecule has 2 rings (SSSR count). The van der Waals surface area contributed by atoms with Crippen LogP contribution in [0.25, 0.3) is 0 Å². The Labute approximate surface area is 124 Å². The lowest BCUT2D eigenvalue weighted by atomic mass is 9.99. The number of carboxylic acids is 1. The van der Waals surface area contributed by atoms with Crippen molar-refractivity contribution in [2.75, 3.05) is 13.1 Å². The molecule has 3 unspecified atom stereocenters. The maximum Gasteiger partial charge on any atom is 0.308 e. The van der Waals surface area contributed by atoms with Crippen LogP contribution in [0.2, 0.25) is 0 Å². The van der Waals surface area contributed by atoms with Gasteiger partial charge in [0.25, 0.3) is 5.91 Å². The van der Waals surface area contributed by atoms with Crippen LogP contribution in [-0.2, 0) is 9.59 Å². The third kappa shape index (κ3) is 3.54. The van der Waals surface area contributed by atoms with E-state index in [0.29, 0.717) is 12.3 Å². The first-order valence-corrected chi connectivity index (χ1v) is 7.13. The highest BCUT2D eigenvalue weighted by atomic mass is 16.5. The number of aryl methyl sites for hydroxylation is 1. The molecular weight excluding hydrogens is 270 g/mol. The molecule has 0 aromatic heterocycles. The second-order valence-corrected chi connectivity index (χ2v) is 5.74. The molecule has 0 saturated carbocycles. The van der Waals surface area contributed by atoms with E-state index in [1.165, 1.54) is 0 Å². The van der Waals surface area contributed by atoms with Crippen LogP contribution >= 0.6 is 0 Å². The van der Waals surface area contributed by atoms with Crippen molar-refractivity contribution in [2.24, 2.45) is 11.8 Å². The van der Waals surface area contributed by atoms with Crippen molar-refractivity contribution < 1.29 is 19.4 Å². The van der Waals surface area contributed by atoms with E-state index in [-0.39, 0.29) is 18.4 Å². The van der Waals surface area contributed by atoms with E-state index in [1.807, 2.05) is 38.1 Å². The second kappa shape index (κ2) is 6.16. The molecule has 5 heteroatoms. The van der Waals surface area contributed by atoms with E-state index in [0.717, 1.165) is 5.56 Å². The average molecular weight is 291 g/mol. The Morgan fingerprint density at radius 3 is 2.67 bits per heavy atom. The van der Waals surface area contributed by atoms with E-state index in [1.54, 1.807) is 11.8 Å². The molecule has 1 aliphatic heterocycles. The molecule has 0 aliphatic carbocycles. The van der Waals surface area contributed by atoms with Gasteiger partial charge in [0.1, 0.15) is 5.75 Å². The van der Waals surface area contributed by atoms with Crippen molar-refractivity contribution in [1.82, 2.24) is 4.90 Å². The molecule has 0 radical (unpaired) electrons. The lowest BCUT2D eigenvalue weighted by molar-refractivity contribution is -0.142. The fourth-order valence-electron chi connectivity index (χ4n) is 2.67. The first-order chi connectivity index (χ1) is 9.88. The molecule has 114 valence electrons. The Morgan fingerprint density at radius 1 is 1.38 bits per heavy atom. The number of nitrogens with zero attached hydrogens (tertiary/aromatic N) is 1. The van der Waals surface area contributed by atoms with Gasteiger partial charge in [-0.1, -0.05) is 19.1 Å². The van der Waals surface area contributed by atoms with Crippen LogP contribution in [0.3, 0.4) is 0 Å². The normalized spacial score (nSPS) is 22.9. The third-order valence-electron chi connectivity index (χ3n) is 3.89. The molecular formula is C16H21NO4. The number of likely N-dealkylation sites (tertiary alicyclic amines) is 1. The zero-order valence-electron chi connectivity index (χ0n) is 12.6. The minimum atomic E-state index is -0.843. The van der Waals surface area contributed by atoms with Gasteiger partial charge in [0.2, 0.25) is 0 Å². The van der Waals surface area contributed by atoms with E-state index in [9.17, 15) is 9.59 Å². The summed E-state index contributed by atoms with van der Waals surface area (Å²) >= 11 is 0. The average Bonchev–Trinajstić information content (AvgIpc) is 2.80. The van der Waals surface area contributed by atoms with Gasteiger partial charge in [0.05, 0.1) is 5.92 Å². The minimum Gasteiger partial charge on any atom is -0.481 e. The fraction of sp³-hybridized carbons (Fsp3) is 0.500. The molecule has 3 atom stereocenters. The van der Waals surface area contributed by atoms with Crippen LogP contribution < -0.4 is 4.74 Å². The van der Waals surface area contributed by atoms with Crippen molar-refractivity contribution in [3.05, 3.63) is 29.8 Å². The predicted molar refractivity (Wildman–Crippen MR) is 78.1 cm³/mol. The summed E-state index contributed by atoms with van der Waals surface area (Å²) in [7, 11) is 0. The van der Waals surface area contributed by atoms with Gasteiger partial charge in [0.15, 0.2) is 6.10 Å². The molecule has 1 saturated heterocycles. The molecule has 1 amide bonds. The molecule has 0 bridgehead atoms. The SMILES string of the molecule is Cc1cccc(OC(C)C(=O)N2CC(C)C(C(=O)O)C2)c1. The molecule has 1 N–H and O–H groups in total. The second-order valence-electron chi connectivity index (χ2n) is 5.74. The zero-order chi connectivity index (χ0) is 15.6. The first-order valence-electron chi connectivity index (χ1n) is 7.13.